The van der Waals surface area contributed by atoms with Crippen molar-refractivity contribution in [2.75, 3.05) is 11.9 Å². The van der Waals surface area contributed by atoms with Crippen LogP contribution in [-0.2, 0) is 21.9 Å². The fourth-order valence-corrected chi connectivity index (χ4v) is 5.93. The van der Waals surface area contributed by atoms with E-state index in [-0.39, 0.29) is 13.2 Å². The number of carbonyl (C=O) groups is 1. The Morgan fingerprint density at radius 3 is 2.46 bits per heavy atom. The van der Waals surface area contributed by atoms with Crippen LogP contribution in [0.15, 0.2) is 95.8 Å². The van der Waals surface area contributed by atoms with Gasteiger partial charge in [-0.25, -0.2) is 9.48 Å². The van der Waals surface area contributed by atoms with Gasteiger partial charge in [0.1, 0.15) is 25.0 Å². The second-order valence-corrected chi connectivity index (χ2v) is 11.2. The third-order valence-electron chi connectivity index (χ3n) is 6.34. The number of benzene rings is 3. The van der Waals surface area contributed by atoms with Crippen LogP contribution in [0.5, 0.6) is 5.75 Å². The van der Waals surface area contributed by atoms with Gasteiger partial charge >= 0.3 is 5.97 Å². The SMILES string of the molecule is C=CCOC(=O)C1=C(C)Nc2nc(SCc3ccccc3Cl)nn2C1c1ccc(OCc2c(Cl)cccc2Cl)cc1. The van der Waals surface area contributed by atoms with Gasteiger partial charge in [0.25, 0.3) is 0 Å². The summed E-state index contributed by atoms with van der Waals surface area (Å²) >= 11 is 20.4. The molecule has 0 saturated carbocycles. The van der Waals surface area contributed by atoms with Gasteiger partial charge in [0.05, 0.1) is 5.57 Å². The molecular weight excluding hydrogens is 603 g/mol. The molecule has 0 radical (unpaired) electrons. The summed E-state index contributed by atoms with van der Waals surface area (Å²) in [5.74, 6) is 1.25. The number of nitrogens with zero attached hydrogens (tertiary/aromatic N) is 3. The van der Waals surface area contributed by atoms with Crippen molar-refractivity contribution in [2.45, 2.75) is 30.5 Å². The maximum atomic E-state index is 13.2. The largest absolute Gasteiger partial charge is 0.489 e. The van der Waals surface area contributed by atoms with Gasteiger partial charge in [-0.1, -0.05) is 95.6 Å². The van der Waals surface area contributed by atoms with Gasteiger partial charge in [-0.2, -0.15) is 4.98 Å². The zero-order valence-electron chi connectivity index (χ0n) is 21.9. The van der Waals surface area contributed by atoms with Crippen molar-refractivity contribution >= 4 is 58.5 Å². The van der Waals surface area contributed by atoms with Gasteiger partial charge in [-0.15, -0.1) is 5.10 Å². The normalized spacial score (nSPS) is 14.3. The Hall–Kier alpha value is -3.43. The monoisotopic (exact) mass is 626 g/mol. The van der Waals surface area contributed by atoms with E-state index < -0.39 is 12.0 Å². The fourth-order valence-electron chi connectivity index (χ4n) is 4.31. The van der Waals surface area contributed by atoms with Crippen molar-refractivity contribution in [3.63, 3.8) is 0 Å². The summed E-state index contributed by atoms with van der Waals surface area (Å²) in [6.45, 7) is 5.76. The number of nitrogens with one attached hydrogen (secondary N) is 1. The number of fused-ring (bicyclic) bond motifs is 1. The topological polar surface area (TPSA) is 78.3 Å². The molecule has 1 N–H and O–H groups in total. The Bertz CT molecular complexity index is 1600. The highest BCUT2D eigenvalue weighted by molar-refractivity contribution is 7.98. The Labute approximate surface area is 257 Å². The molecule has 0 aliphatic carbocycles. The average molecular weight is 628 g/mol. The van der Waals surface area contributed by atoms with E-state index >= 15 is 0 Å². The Morgan fingerprint density at radius 1 is 1.05 bits per heavy atom. The summed E-state index contributed by atoms with van der Waals surface area (Å²) in [4.78, 5) is 17.9. The van der Waals surface area contributed by atoms with Gasteiger partial charge in [0.2, 0.25) is 11.1 Å². The molecule has 0 fully saturated rings. The van der Waals surface area contributed by atoms with Crippen LogP contribution in [0.1, 0.15) is 29.7 Å². The molecule has 7 nitrogen and oxygen atoms in total. The zero-order valence-corrected chi connectivity index (χ0v) is 25.0. The van der Waals surface area contributed by atoms with E-state index in [1.165, 1.54) is 17.8 Å². The molecule has 1 aliphatic heterocycles. The molecular formula is C30H25Cl3N4O3S. The predicted molar refractivity (Wildman–Crippen MR) is 164 cm³/mol. The van der Waals surface area contributed by atoms with Crippen molar-refractivity contribution < 1.29 is 14.3 Å². The van der Waals surface area contributed by atoms with Crippen molar-refractivity contribution in [1.82, 2.24) is 14.8 Å². The Morgan fingerprint density at radius 2 is 1.76 bits per heavy atom. The van der Waals surface area contributed by atoms with Crippen LogP contribution in [0, 0.1) is 0 Å². The van der Waals surface area contributed by atoms with E-state index in [1.54, 1.807) is 22.9 Å². The van der Waals surface area contributed by atoms with E-state index in [0.717, 1.165) is 11.1 Å². The van der Waals surface area contributed by atoms with E-state index in [1.807, 2.05) is 55.5 Å². The smallest absolute Gasteiger partial charge is 0.338 e. The van der Waals surface area contributed by atoms with Crippen LogP contribution < -0.4 is 10.1 Å². The van der Waals surface area contributed by atoms with Crippen molar-refractivity contribution in [1.29, 1.82) is 0 Å². The van der Waals surface area contributed by atoms with Crippen molar-refractivity contribution in [3.8, 4) is 5.75 Å². The van der Waals surface area contributed by atoms with E-state index in [2.05, 4.69) is 16.9 Å². The molecule has 0 spiro atoms. The maximum Gasteiger partial charge on any atom is 0.338 e. The lowest BCUT2D eigenvalue weighted by molar-refractivity contribution is -0.138. The number of halogens is 3. The predicted octanol–water partition coefficient (Wildman–Crippen LogP) is 8.13. The molecule has 5 rings (SSSR count). The first kappa shape index (κ1) is 29.1. The van der Waals surface area contributed by atoms with Gasteiger partial charge in [0.15, 0.2) is 0 Å². The summed E-state index contributed by atoms with van der Waals surface area (Å²) in [6.07, 6.45) is 1.53. The highest BCUT2D eigenvalue weighted by atomic mass is 35.5. The van der Waals surface area contributed by atoms with Gasteiger partial charge < -0.3 is 14.8 Å². The first-order chi connectivity index (χ1) is 19.9. The number of rotatable bonds is 10. The van der Waals surface area contributed by atoms with Gasteiger partial charge in [0, 0.05) is 32.1 Å². The standard InChI is InChI=1S/C30H25Cl3N4O3S/c1-3-15-39-28(38)26-18(2)34-29-35-30(41-17-20-7-4-5-8-23(20)31)36-37(29)27(26)19-11-13-21(14-12-19)40-16-22-24(32)9-6-10-25(22)33/h3-14,27H,1,15-17H2,2H3,(H,34,35,36). The minimum atomic E-state index is -0.585. The number of carbonyl (C=O) groups excluding carboxylic acids is 1. The second-order valence-electron chi connectivity index (χ2n) is 9.05. The summed E-state index contributed by atoms with van der Waals surface area (Å²) in [5.41, 5.74) is 3.53. The minimum Gasteiger partial charge on any atom is -0.489 e. The molecule has 0 saturated heterocycles. The molecule has 1 unspecified atom stereocenters. The number of hydrogen-bond acceptors (Lipinski definition) is 7. The number of esters is 1. The summed E-state index contributed by atoms with van der Waals surface area (Å²) in [6, 6.07) is 19.8. The molecule has 2 heterocycles. The van der Waals surface area contributed by atoms with E-state index in [9.17, 15) is 4.79 Å². The molecule has 210 valence electrons. The first-order valence-corrected chi connectivity index (χ1v) is 14.7. The summed E-state index contributed by atoms with van der Waals surface area (Å²) in [7, 11) is 0. The molecule has 3 aromatic carbocycles. The second kappa shape index (κ2) is 13.0. The lowest BCUT2D eigenvalue weighted by Gasteiger charge is -2.28. The molecule has 41 heavy (non-hydrogen) atoms. The summed E-state index contributed by atoms with van der Waals surface area (Å²) in [5, 5.41) is 10.3. The van der Waals surface area contributed by atoms with E-state index in [4.69, 9.17) is 49.4 Å². The van der Waals surface area contributed by atoms with Crippen LogP contribution in [0.2, 0.25) is 15.1 Å². The van der Waals surface area contributed by atoms with Crippen LogP contribution in [0.4, 0.5) is 5.95 Å². The Balaban J connectivity index is 1.42. The van der Waals surface area contributed by atoms with Crippen LogP contribution >= 0.6 is 46.6 Å². The van der Waals surface area contributed by atoms with Crippen LogP contribution in [0.3, 0.4) is 0 Å². The van der Waals surface area contributed by atoms with Gasteiger partial charge in [-0.05, 0) is 48.4 Å². The molecule has 0 amide bonds. The molecule has 1 aromatic heterocycles. The molecule has 11 heteroatoms. The molecule has 4 aromatic rings. The Kier molecular flexibility index (Phi) is 9.25. The number of ether oxygens (including phenoxy) is 2. The maximum absolute atomic E-state index is 13.2. The molecule has 0 bridgehead atoms. The third kappa shape index (κ3) is 6.57. The quantitative estimate of drug-likeness (QED) is 0.108. The number of hydrogen-bond donors (Lipinski definition) is 1. The fraction of sp³-hybridized carbons (Fsp3) is 0.167. The molecule has 1 aliphatic rings. The van der Waals surface area contributed by atoms with E-state index in [0.29, 0.717) is 54.5 Å². The highest BCUT2D eigenvalue weighted by Crippen LogP contribution is 2.38. The van der Waals surface area contributed by atoms with Crippen LogP contribution in [-0.4, -0.2) is 27.3 Å². The van der Waals surface area contributed by atoms with Gasteiger partial charge in [-0.3, -0.25) is 0 Å². The zero-order chi connectivity index (χ0) is 28.9. The minimum absolute atomic E-state index is 0.0862. The van der Waals surface area contributed by atoms with Crippen molar-refractivity contribution in [2.24, 2.45) is 0 Å². The number of allylic oxidation sites excluding steroid dienone is 1. The third-order valence-corrected chi connectivity index (χ3v) is 8.30. The van der Waals surface area contributed by atoms with Crippen LogP contribution in [0.25, 0.3) is 0 Å². The lowest BCUT2D eigenvalue weighted by Crippen LogP contribution is -2.29. The number of anilines is 1. The lowest BCUT2D eigenvalue weighted by atomic mass is 9.96. The average Bonchev–Trinajstić information content (AvgIpc) is 3.37. The molecule has 1 atom stereocenters. The first-order valence-electron chi connectivity index (χ1n) is 12.6. The number of aromatic nitrogens is 3. The van der Waals surface area contributed by atoms with Crippen molar-refractivity contribution in [3.05, 3.63) is 122 Å². The highest BCUT2D eigenvalue weighted by Gasteiger charge is 2.35. The number of thioether (sulfide) groups is 1. The summed E-state index contributed by atoms with van der Waals surface area (Å²) < 4.78 is 13.1.